The molecule has 1 saturated carbocycles. The number of morpholine rings is 1. The normalized spacial score (nSPS) is 31.4. The number of benzene rings is 1. The maximum absolute atomic E-state index is 5.94. The van der Waals surface area contributed by atoms with E-state index in [4.69, 9.17) is 18.9 Å². The summed E-state index contributed by atoms with van der Waals surface area (Å²) < 4.78 is 22.3. The van der Waals surface area contributed by atoms with Gasteiger partial charge in [-0.2, -0.15) is 0 Å². The zero-order valence-electron chi connectivity index (χ0n) is 12.3. The molecule has 0 bridgehead atoms. The Kier molecular flexibility index (Phi) is 3.49. The van der Waals surface area contributed by atoms with E-state index in [0.717, 1.165) is 44.0 Å². The molecule has 2 fully saturated rings. The number of rotatable bonds is 3. The smallest absolute Gasteiger partial charge is 0.231 e. The van der Waals surface area contributed by atoms with Crippen molar-refractivity contribution in [3.8, 4) is 11.5 Å². The quantitative estimate of drug-likeness (QED) is 0.849. The lowest BCUT2D eigenvalue weighted by Crippen LogP contribution is -2.51. The van der Waals surface area contributed by atoms with E-state index in [9.17, 15) is 0 Å². The van der Waals surface area contributed by atoms with Gasteiger partial charge in [-0.25, -0.2) is 0 Å². The zero-order valence-corrected chi connectivity index (χ0v) is 12.3. The Morgan fingerprint density at radius 2 is 2.14 bits per heavy atom. The molecule has 21 heavy (non-hydrogen) atoms. The lowest BCUT2D eigenvalue weighted by molar-refractivity contribution is -0.106. The van der Waals surface area contributed by atoms with Crippen LogP contribution < -0.4 is 9.47 Å². The first-order valence-electron chi connectivity index (χ1n) is 7.62. The summed E-state index contributed by atoms with van der Waals surface area (Å²) in [5, 5.41) is 0. The van der Waals surface area contributed by atoms with Gasteiger partial charge in [0.05, 0.1) is 18.8 Å². The minimum absolute atomic E-state index is 0.220. The molecule has 0 unspecified atom stereocenters. The third-order valence-electron chi connectivity index (χ3n) is 4.78. The number of hydrogen-bond donors (Lipinski definition) is 0. The highest BCUT2D eigenvalue weighted by molar-refractivity contribution is 5.44. The van der Waals surface area contributed by atoms with Crippen LogP contribution in [0.3, 0.4) is 0 Å². The van der Waals surface area contributed by atoms with Crippen LogP contribution in [0.2, 0.25) is 0 Å². The molecule has 114 valence electrons. The van der Waals surface area contributed by atoms with E-state index in [1.54, 1.807) is 7.11 Å². The molecular weight excluding hydrogens is 270 g/mol. The molecule has 2 heterocycles. The van der Waals surface area contributed by atoms with E-state index in [-0.39, 0.29) is 12.2 Å². The van der Waals surface area contributed by atoms with Crippen LogP contribution in [0.25, 0.3) is 0 Å². The Morgan fingerprint density at radius 3 is 3.05 bits per heavy atom. The van der Waals surface area contributed by atoms with Crippen molar-refractivity contribution in [3.05, 3.63) is 23.8 Å². The highest BCUT2D eigenvalue weighted by Gasteiger charge is 2.42. The van der Waals surface area contributed by atoms with Crippen molar-refractivity contribution in [2.24, 2.45) is 0 Å². The average Bonchev–Trinajstić information content (AvgIpc) is 3.13. The van der Waals surface area contributed by atoms with E-state index >= 15 is 0 Å². The number of hydrogen-bond acceptors (Lipinski definition) is 5. The lowest BCUT2D eigenvalue weighted by atomic mass is 10.1. The first-order chi connectivity index (χ1) is 10.3. The van der Waals surface area contributed by atoms with Crippen LogP contribution in [-0.4, -0.2) is 50.2 Å². The van der Waals surface area contributed by atoms with Gasteiger partial charge in [0, 0.05) is 26.2 Å². The summed E-state index contributed by atoms with van der Waals surface area (Å²) in [5.74, 6) is 1.71. The van der Waals surface area contributed by atoms with E-state index in [1.807, 2.05) is 6.07 Å². The summed E-state index contributed by atoms with van der Waals surface area (Å²) in [6.07, 6.45) is 2.70. The van der Waals surface area contributed by atoms with Gasteiger partial charge in [-0.3, -0.25) is 4.90 Å². The summed E-state index contributed by atoms with van der Waals surface area (Å²) in [6.45, 7) is 3.02. The molecule has 5 nitrogen and oxygen atoms in total. The van der Waals surface area contributed by atoms with Gasteiger partial charge in [0.1, 0.15) is 0 Å². The second kappa shape index (κ2) is 5.48. The molecule has 1 saturated heterocycles. The van der Waals surface area contributed by atoms with Crippen LogP contribution in [0, 0.1) is 0 Å². The van der Waals surface area contributed by atoms with Gasteiger partial charge in [-0.1, -0.05) is 6.07 Å². The second-order valence-electron chi connectivity index (χ2n) is 5.91. The standard InChI is InChI=1S/C16H21NO4/c1-18-14-5-3-12-16(14)19-7-6-17(12)9-11-2-4-13-15(8-11)21-10-20-13/h2,4,8,12,14,16H,3,5-7,9-10H2,1H3/t12-,14-,16+/m0/s1. The fourth-order valence-corrected chi connectivity index (χ4v) is 3.71. The van der Waals surface area contributed by atoms with Crippen molar-refractivity contribution in [2.75, 3.05) is 27.1 Å². The molecule has 0 N–H and O–H groups in total. The summed E-state index contributed by atoms with van der Waals surface area (Å²) in [7, 11) is 1.78. The molecule has 0 aromatic heterocycles. The fraction of sp³-hybridized carbons (Fsp3) is 0.625. The van der Waals surface area contributed by atoms with Crippen LogP contribution in [0.1, 0.15) is 18.4 Å². The monoisotopic (exact) mass is 291 g/mol. The second-order valence-corrected chi connectivity index (χ2v) is 5.91. The average molecular weight is 291 g/mol. The summed E-state index contributed by atoms with van der Waals surface area (Å²) in [6, 6.07) is 6.69. The molecule has 1 aromatic carbocycles. The first kappa shape index (κ1) is 13.4. The van der Waals surface area contributed by atoms with E-state index in [1.165, 1.54) is 5.56 Å². The Morgan fingerprint density at radius 1 is 1.24 bits per heavy atom. The molecule has 0 radical (unpaired) electrons. The van der Waals surface area contributed by atoms with Crippen molar-refractivity contribution in [3.63, 3.8) is 0 Å². The summed E-state index contributed by atoms with van der Waals surface area (Å²) >= 11 is 0. The van der Waals surface area contributed by atoms with Crippen LogP contribution in [0.15, 0.2) is 18.2 Å². The summed E-state index contributed by atoms with van der Waals surface area (Å²) in [5.41, 5.74) is 1.26. The van der Waals surface area contributed by atoms with E-state index in [2.05, 4.69) is 17.0 Å². The highest BCUT2D eigenvalue weighted by atomic mass is 16.7. The maximum atomic E-state index is 5.94. The third kappa shape index (κ3) is 2.39. The Labute approximate surface area is 124 Å². The van der Waals surface area contributed by atoms with Crippen molar-refractivity contribution in [2.45, 2.75) is 37.6 Å². The third-order valence-corrected chi connectivity index (χ3v) is 4.78. The Balaban J connectivity index is 1.49. The van der Waals surface area contributed by atoms with Crippen molar-refractivity contribution >= 4 is 0 Å². The van der Waals surface area contributed by atoms with Gasteiger partial charge < -0.3 is 18.9 Å². The predicted octanol–water partition coefficient (Wildman–Crippen LogP) is 1.79. The van der Waals surface area contributed by atoms with Gasteiger partial charge in [0.15, 0.2) is 11.5 Å². The zero-order chi connectivity index (χ0) is 14.2. The Bertz CT molecular complexity index is 521. The first-order valence-corrected chi connectivity index (χ1v) is 7.62. The van der Waals surface area contributed by atoms with Crippen LogP contribution >= 0.6 is 0 Å². The number of ether oxygens (including phenoxy) is 4. The van der Waals surface area contributed by atoms with Crippen molar-refractivity contribution in [1.82, 2.24) is 4.90 Å². The molecule has 1 aromatic rings. The SMILES string of the molecule is CO[C@H]1CC[C@H]2[C@H]1OCCN2Cc1ccc2c(c1)OCO2. The molecule has 5 heteroatoms. The minimum Gasteiger partial charge on any atom is -0.454 e. The predicted molar refractivity (Wildman–Crippen MR) is 76.5 cm³/mol. The van der Waals surface area contributed by atoms with E-state index < -0.39 is 0 Å². The van der Waals surface area contributed by atoms with Gasteiger partial charge in [-0.05, 0) is 30.5 Å². The number of nitrogens with zero attached hydrogens (tertiary/aromatic N) is 1. The Hall–Kier alpha value is -1.30. The molecule has 0 amide bonds. The molecule has 3 atom stereocenters. The number of fused-ring (bicyclic) bond motifs is 2. The van der Waals surface area contributed by atoms with Crippen LogP contribution in [0.5, 0.6) is 11.5 Å². The van der Waals surface area contributed by atoms with Gasteiger partial charge in [0.2, 0.25) is 6.79 Å². The summed E-state index contributed by atoms with van der Waals surface area (Å²) in [4.78, 5) is 2.52. The maximum Gasteiger partial charge on any atom is 0.231 e. The minimum atomic E-state index is 0.220. The van der Waals surface area contributed by atoms with E-state index in [0.29, 0.717) is 12.8 Å². The van der Waals surface area contributed by atoms with Crippen molar-refractivity contribution < 1.29 is 18.9 Å². The van der Waals surface area contributed by atoms with Gasteiger partial charge in [0.25, 0.3) is 0 Å². The lowest BCUT2D eigenvalue weighted by Gasteiger charge is -2.38. The largest absolute Gasteiger partial charge is 0.454 e. The fourth-order valence-electron chi connectivity index (χ4n) is 3.71. The molecule has 3 aliphatic rings. The molecule has 0 spiro atoms. The topological polar surface area (TPSA) is 40.2 Å². The molecule has 4 rings (SSSR count). The van der Waals surface area contributed by atoms with Crippen LogP contribution in [0.4, 0.5) is 0 Å². The highest BCUT2D eigenvalue weighted by Crippen LogP contribution is 2.35. The number of methoxy groups -OCH3 is 1. The van der Waals surface area contributed by atoms with Crippen LogP contribution in [-0.2, 0) is 16.0 Å². The van der Waals surface area contributed by atoms with Crippen molar-refractivity contribution in [1.29, 1.82) is 0 Å². The molecule has 1 aliphatic carbocycles. The molecule has 2 aliphatic heterocycles. The van der Waals surface area contributed by atoms with Gasteiger partial charge in [-0.15, -0.1) is 0 Å². The molecular formula is C16H21NO4. The van der Waals surface area contributed by atoms with Gasteiger partial charge >= 0.3 is 0 Å².